The van der Waals surface area contributed by atoms with Crippen LogP contribution in [0, 0.1) is 17.7 Å². The Kier molecular flexibility index (Phi) is 7.40. The normalized spacial score (nSPS) is 21.7. The molecule has 2 N–H and O–H groups in total. The molecule has 1 saturated heterocycles. The Morgan fingerprint density at radius 3 is 2.31 bits per heavy atom. The van der Waals surface area contributed by atoms with Crippen LogP contribution in [0.4, 0.5) is 17.6 Å². The van der Waals surface area contributed by atoms with Gasteiger partial charge in [-0.05, 0) is 24.6 Å². The summed E-state index contributed by atoms with van der Waals surface area (Å²) in [5.74, 6) is -6.05. The SMILES string of the molecule is CC(C(=O)NCc1ccc(F)cc1)N1C[C@@H](C(F)(F)F)[C@H](C(=O)O)C1.Cl. The molecule has 0 spiro atoms. The van der Waals surface area contributed by atoms with Crippen molar-refractivity contribution in [2.45, 2.75) is 25.7 Å². The Labute approximate surface area is 153 Å². The highest BCUT2D eigenvalue weighted by atomic mass is 35.5. The first-order chi connectivity index (χ1) is 11.6. The van der Waals surface area contributed by atoms with Crippen LogP contribution in [-0.4, -0.2) is 47.2 Å². The molecule has 1 fully saturated rings. The fraction of sp³-hybridized carbons (Fsp3) is 0.500. The van der Waals surface area contributed by atoms with Crippen LogP contribution in [0.1, 0.15) is 12.5 Å². The van der Waals surface area contributed by atoms with Gasteiger partial charge in [0.2, 0.25) is 5.91 Å². The quantitative estimate of drug-likeness (QED) is 0.747. The molecule has 1 unspecified atom stereocenters. The number of aliphatic carboxylic acids is 1. The molecule has 1 aromatic rings. The molecule has 1 aromatic carbocycles. The van der Waals surface area contributed by atoms with Crippen molar-refractivity contribution in [3.8, 4) is 0 Å². The van der Waals surface area contributed by atoms with E-state index < -0.39 is 48.3 Å². The zero-order valence-corrected chi connectivity index (χ0v) is 14.6. The van der Waals surface area contributed by atoms with Crippen molar-refractivity contribution in [3.63, 3.8) is 0 Å². The summed E-state index contributed by atoms with van der Waals surface area (Å²) in [6.07, 6.45) is -4.64. The predicted octanol–water partition coefficient (Wildman–Crippen LogP) is 2.45. The Morgan fingerprint density at radius 2 is 1.85 bits per heavy atom. The zero-order chi connectivity index (χ0) is 18.8. The largest absolute Gasteiger partial charge is 0.481 e. The lowest BCUT2D eigenvalue weighted by Crippen LogP contribution is -2.44. The molecule has 0 aliphatic carbocycles. The maximum absolute atomic E-state index is 13.0. The van der Waals surface area contributed by atoms with Gasteiger partial charge in [0.25, 0.3) is 0 Å². The van der Waals surface area contributed by atoms with E-state index in [4.69, 9.17) is 5.11 Å². The molecule has 5 nitrogen and oxygen atoms in total. The number of carboxylic acid groups (broad SMARTS) is 1. The van der Waals surface area contributed by atoms with Crippen LogP contribution < -0.4 is 5.32 Å². The van der Waals surface area contributed by atoms with Crippen molar-refractivity contribution in [1.82, 2.24) is 10.2 Å². The molecule has 3 atom stereocenters. The van der Waals surface area contributed by atoms with E-state index in [2.05, 4.69) is 5.32 Å². The summed E-state index contributed by atoms with van der Waals surface area (Å²) < 4.78 is 51.8. The summed E-state index contributed by atoms with van der Waals surface area (Å²) >= 11 is 0. The lowest BCUT2D eigenvalue weighted by atomic mass is 9.96. The van der Waals surface area contributed by atoms with Gasteiger partial charge in [-0.2, -0.15) is 13.2 Å². The second-order valence-corrected chi connectivity index (χ2v) is 6.07. The van der Waals surface area contributed by atoms with E-state index >= 15 is 0 Å². The van der Waals surface area contributed by atoms with Gasteiger partial charge in [-0.1, -0.05) is 12.1 Å². The van der Waals surface area contributed by atoms with Gasteiger partial charge in [0, 0.05) is 19.6 Å². The second kappa shape index (κ2) is 8.68. The molecule has 0 bridgehead atoms. The summed E-state index contributed by atoms with van der Waals surface area (Å²) in [6, 6.07) is 4.52. The van der Waals surface area contributed by atoms with Crippen LogP contribution in [0.2, 0.25) is 0 Å². The van der Waals surface area contributed by atoms with Gasteiger partial charge in [-0.3, -0.25) is 14.5 Å². The maximum atomic E-state index is 13.0. The molecule has 26 heavy (non-hydrogen) atoms. The minimum atomic E-state index is -4.64. The molecular weight excluding hydrogens is 380 g/mol. The van der Waals surface area contributed by atoms with E-state index in [0.717, 1.165) is 0 Å². The van der Waals surface area contributed by atoms with Gasteiger partial charge in [-0.15, -0.1) is 12.4 Å². The summed E-state index contributed by atoms with van der Waals surface area (Å²) in [5.41, 5.74) is 0.639. The monoisotopic (exact) mass is 398 g/mol. The Hall–Kier alpha value is -1.87. The van der Waals surface area contributed by atoms with Crippen molar-refractivity contribution < 1.29 is 32.3 Å². The third kappa shape index (κ3) is 5.31. The molecule has 0 radical (unpaired) electrons. The predicted molar refractivity (Wildman–Crippen MR) is 87.2 cm³/mol. The van der Waals surface area contributed by atoms with E-state index in [1.807, 2.05) is 0 Å². The van der Waals surface area contributed by atoms with Crippen molar-refractivity contribution in [2.24, 2.45) is 11.8 Å². The molecule has 1 amide bonds. The number of amides is 1. The lowest BCUT2D eigenvalue weighted by Gasteiger charge is -2.23. The fourth-order valence-corrected chi connectivity index (χ4v) is 2.84. The van der Waals surface area contributed by atoms with Gasteiger partial charge in [0.1, 0.15) is 5.82 Å². The molecule has 10 heteroatoms. The van der Waals surface area contributed by atoms with E-state index in [9.17, 15) is 27.2 Å². The van der Waals surface area contributed by atoms with Crippen LogP contribution in [0.5, 0.6) is 0 Å². The number of halogens is 5. The third-order valence-corrected chi connectivity index (χ3v) is 4.39. The van der Waals surface area contributed by atoms with Gasteiger partial charge in [0.05, 0.1) is 17.9 Å². The Balaban J connectivity index is 0.00000338. The number of carboxylic acids is 1. The number of likely N-dealkylation sites (tertiary alicyclic amines) is 1. The van der Waals surface area contributed by atoms with Crippen LogP contribution in [0.25, 0.3) is 0 Å². The number of carbonyl (C=O) groups excluding carboxylic acids is 1. The number of benzene rings is 1. The van der Waals surface area contributed by atoms with E-state index in [0.29, 0.717) is 5.56 Å². The van der Waals surface area contributed by atoms with Crippen molar-refractivity contribution in [3.05, 3.63) is 35.6 Å². The number of alkyl halides is 3. The topological polar surface area (TPSA) is 69.6 Å². The van der Waals surface area contributed by atoms with Crippen LogP contribution >= 0.6 is 12.4 Å². The van der Waals surface area contributed by atoms with Gasteiger partial charge in [-0.25, -0.2) is 4.39 Å². The maximum Gasteiger partial charge on any atom is 0.393 e. The molecule has 1 aliphatic heterocycles. The minimum absolute atomic E-state index is 0. The fourth-order valence-electron chi connectivity index (χ4n) is 2.84. The van der Waals surface area contributed by atoms with Gasteiger partial charge < -0.3 is 10.4 Å². The summed E-state index contributed by atoms with van der Waals surface area (Å²) in [4.78, 5) is 24.4. The first kappa shape index (κ1) is 22.2. The number of rotatable bonds is 5. The Morgan fingerprint density at radius 1 is 1.27 bits per heavy atom. The minimum Gasteiger partial charge on any atom is -0.481 e. The highest BCUT2D eigenvalue weighted by molar-refractivity contribution is 5.85. The molecule has 0 saturated carbocycles. The molecule has 0 aromatic heterocycles. The van der Waals surface area contributed by atoms with Crippen molar-refractivity contribution in [2.75, 3.05) is 13.1 Å². The first-order valence-electron chi connectivity index (χ1n) is 7.65. The molecule has 1 aliphatic rings. The number of carbonyl (C=O) groups is 2. The number of hydrogen-bond acceptors (Lipinski definition) is 3. The zero-order valence-electron chi connectivity index (χ0n) is 13.8. The average molecular weight is 399 g/mol. The van der Waals surface area contributed by atoms with Crippen LogP contribution in [-0.2, 0) is 16.1 Å². The van der Waals surface area contributed by atoms with Crippen LogP contribution in [0.3, 0.4) is 0 Å². The van der Waals surface area contributed by atoms with E-state index in [1.165, 1.54) is 36.1 Å². The van der Waals surface area contributed by atoms with Crippen molar-refractivity contribution >= 4 is 24.3 Å². The number of nitrogens with zero attached hydrogens (tertiary/aromatic N) is 1. The third-order valence-electron chi connectivity index (χ3n) is 4.39. The van der Waals surface area contributed by atoms with E-state index in [1.54, 1.807) is 0 Å². The van der Waals surface area contributed by atoms with Crippen molar-refractivity contribution in [1.29, 1.82) is 0 Å². The van der Waals surface area contributed by atoms with E-state index in [-0.39, 0.29) is 25.5 Å². The second-order valence-electron chi connectivity index (χ2n) is 6.07. The Bertz CT molecular complexity index is 639. The molecule has 146 valence electrons. The highest BCUT2D eigenvalue weighted by Gasteiger charge is 2.53. The van der Waals surface area contributed by atoms with Gasteiger partial charge >= 0.3 is 12.1 Å². The average Bonchev–Trinajstić information content (AvgIpc) is 2.99. The summed E-state index contributed by atoms with van der Waals surface area (Å²) in [6.45, 7) is 0.649. The lowest BCUT2D eigenvalue weighted by molar-refractivity contribution is -0.188. The number of hydrogen-bond donors (Lipinski definition) is 2. The molecule has 2 rings (SSSR count). The standard InChI is InChI=1S/C16H18F4N2O3.ClH/c1-9(14(23)21-6-10-2-4-11(17)5-3-10)22-7-12(15(24)25)13(8-22)16(18,19)20;/h2-5,9,12-13H,6-8H2,1H3,(H,21,23)(H,24,25);1H/t9?,12-,13-;/m1./s1. The summed E-state index contributed by atoms with van der Waals surface area (Å²) in [7, 11) is 0. The highest BCUT2D eigenvalue weighted by Crippen LogP contribution is 2.38. The first-order valence-corrected chi connectivity index (χ1v) is 7.65. The molecular formula is C16H19ClF4N2O3. The summed E-state index contributed by atoms with van der Waals surface area (Å²) in [5, 5.41) is 11.6. The van der Waals surface area contributed by atoms with Crippen LogP contribution in [0.15, 0.2) is 24.3 Å². The van der Waals surface area contributed by atoms with Gasteiger partial charge in [0.15, 0.2) is 0 Å². The number of nitrogens with one attached hydrogen (secondary N) is 1. The smallest absolute Gasteiger partial charge is 0.393 e. The molecule has 1 heterocycles.